The third kappa shape index (κ3) is 4.94. The van der Waals surface area contributed by atoms with E-state index in [2.05, 4.69) is 84.7 Å². The van der Waals surface area contributed by atoms with Gasteiger partial charge in [-0.2, -0.15) is 0 Å². The molecular formula is C18H24BrNS. The van der Waals surface area contributed by atoms with Crippen LogP contribution in [0.15, 0.2) is 40.2 Å². The quantitative estimate of drug-likeness (QED) is 0.733. The van der Waals surface area contributed by atoms with Crippen molar-refractivity contribution in [2.24, 2.45) is 0 Å². The summed E-state index contributed by atoms with van der Waals surface area (Å²) in [5.74, 6) is 0.500. The van der Waals surface area contributed by atoms with Gasteiger partial charge in [-0.25, -0.2) is 0 Å². The first-order valence-electron chi connectivity index (χ1n) is 7.39. The standard InChI is InChI=1S/C18H24BrNS/c1-13-7-5-6-8-15(13)14(12-20-18(2,3)4)11-17-16(19)9-10-21-17/h5-10,14,20H,11-12H2,1-4H3. The molecule has 21 heavy (non-hydrogen) atoms. The van der Waals surface area contributed by atoms with E-state index in [0.29, 0.717) is 5.92 Å². The molecule has 0 spiro atoms. The molecule has 0 aliphatic rings. The second-order valence-electron chi connectivity index (χ2n) is 6.58. The zero-order valence-corrected chi connectivity index (χ0v) is 15.6. The molecule has 0 radical (unpaired) electrons. The largest absolute Gasteiger partial charge is 0.311 e. The van der Waals surface area contributed by atoms with Crippen LogP contribution in [-0.2, 0) is 6.42 Å². The molecule has 114 valence electrons. The number of nitrogens with one attached hydrogen (secondary N) is 1. The van der Waals surface area contributed by atoms with Gasteiger partial charge in [-0.3, -0.25) is 0 Å². The third-order valence-electron chi connectivity index (χ3n) is 3.63. The van der Waals surface area contributed by atoms with Gasteiger partial charge < -0.3 is 5.32 Å². The van der Waals surface area contributed by atoms with E-state index >= 15 is 0 Å². The number of aryl methyl sites for hydroxylation is 1. The summed E-state index contributed by atoms with van der Waals surface area (Å²) >= 11 is 5.50. The summed E-state index contributed by atoms with van der Waals surface area (Å²) in [5.41, 5.74) is 2.98. The van der Waals surface area contributed by atoms with E-state index in [-0.39, 0.29) is 5.54 Å². The van der Waals surface area contributed by atoms with Gasteiger partial charge in [0.25, 0.3) is 0 Å². The summed E-state index contributed by atoms with van der Waals surface area (Å²) in [6.45, 7) is 9.89. The number of thiophene rings is 1. The van der Waals surface area contributed by atoms with Crippen LogP contribution in [-0.4, -0.2) is 12.1 Å². The molecular weight excluding hydrogens is 342 g/mol. The lowest BCUT2D eigenvalue weighted by Crippen LogP contribution is -2.39. The van der Waals surface area contributed by atoms with Crippen molar-refractivity contribution in [3.63, 3.8) is 0 Å². The van der Waals surface area contributed by atoms with E-state index in [1.807, 2.05) is 11.3 Å². The van der Waals surface area contributed by atoms with Crippen molar-refractivity contribution < 1.29 is 0 Å². The van der Waals surface area contributed by atoms with Crippen molar-refractivity contribution in [3.05, 3.63) is 56.2 Å². The molecule has 2 rings (SSSR count). The summed E-state index contributed by atoms with van der Waals surface area (Å²) in [6, 6.07) is 10.9. The fraction of sp³-hybridized carbons (Fsp3) is 0.444. The maximum absolute atomic E-state index is 3.67. The lowest BCUT2D eigenvalue weighted by molar-refractivity contribution is 0.405. The van der Waals surface area contributed by atoms with Crippen LogP contribution < -0.4 is 5.32 Å². The van der Waals surface area contributed by atoms with Crippen molar-refractivity contribution in [1.29, 1.82) is 0 Å². The summed E-state index contributed by atoms with van der Waals surface area (Å²) in [6.07, 6.45) is 1.08. The summed E-state index contributed by atoms with van der Waals surface area (Å²) < 4.78 is 1.24. The second kappa shape index (κ2) is 7.08. The molecule has 0 saturated heterocycles. The van der Waals surface area contributed by atoms with Gasteiger partial charge in [0.2, 0.25) is 0 Å². The van der Waals surface area contributed by atoms with E-state index in [1.165, 1.54) is 20.5 Å². The van der Waals surface area contributed by atoms with Crippen molar-refractivity contribution in [2.75, 3.05) is 6.54 Å². The highest BCUT2D eigenvalue weighted by molar-refractivity contribution is 9.10. The Hall–Kier alpha value is -0.640. The fourth-order valence-electron chi connectivity index (χ4n) is 2.46. The number of benzene rings is 1. The molecule has 1 heterocycles. The Bertz CT molecular complexity index is 583. The van der Waals surface area contributed by atoms with Crippen LogP contribution in [0.2, 0.25) is 0 Å². The Labute approximate surface area is 140 Å². The van der Waals surface area contributed by atoms with Crippen LogP contribution in [0.4, 0.5) is 0 Å². The average Bonchev–Trinajstić information content (AvgIpc) is 2.80. The molecule has 0 bridgehead atoms. The van der Waals surface area contributed by atoms with Crippen molar-refractivity contribution in [3.8, 4) is 0 Å². The predicted molar refractivity (Wildman–Crippen MR) is 97.4 cm³/mol. The normalized spacial score (nSPS) is 13.4. The smallest absolute Gasteiger partial charge is 0.0314 e. The van der Waals surface area contributed by atoms with E-state index in [9.17, 15) is 0 Å². The lowest BCUT2D eigenvalue weighted by Gasteiger charge is -2.26. The van der Waals surface area contributed by atoms with Crippen LogP contribution in [0.5, 0.6) is 0 Å². The van der Waals surface area contributed by atoms with Gasteiger partial charge in [-0.15, -0.1) is 11.3 Å². The molecule has 1 aromatic heterocycles. The molecule has 2 aromatic rings. The van der Waals surface area contributed by atoms with E-state index in [0.717, 1.165) is 13.0 Å². The van der Waals surface area contributed by atoms with Crippen LogP contribution >= 0.6 is 27.3 Å². The first-order chi connectivity index (χ1) is 9.87. The van der Waals surface area contributed by atoms with Crippen LogP contribution in [0.25, 0.3) is 0 Å². The summed E-state index contributed by atoms with van der Waals surface area (Å²) in [7, 11) is 0. The van der Waals surface area contributed by atoms with E-state index < -0.39 is 0 Å². The van der Waals surface area contributed by atoms with Crippen molar-refractivity contribution in [1.82, 2.24) is 5.32 Å². The third-order valence-corrected chi connectivity index (χ3v) is 5.58. The van der Waals surface area contributed by atoms with Gasteiger partial charge >= 0.3 is 0 Å². The van der Waals surface area contributed by atoms with Crippen molar-refractivity contribution >= 4 is 27.3 Å². The first kappa shape index (κ1) is 16.7. The Morgan fingerprint density at radius 3 is 2.48 bits per heavy atom. The zero-order valence-electron chi connectivity index (χ0n) is 13.2. The number of hydrogen-bond donors (Lipinski definition) is 1. The number of hydrogen-bond acceptors (Lipinski definition) is 2. The minimum atomic E-state index is 0.146. The minimum Gasteiger partial charge on any atom is -0.311 e. The van der Waals surface area contributed by atoms with Crippen LogP contribution in [0.1, 0.15) is 42.7 Å². The number of halogens is 1. The van der Waals surface area contributed by atoms with Crippen molar-refractivity contribution in [2.45, 2.75) is 45.6 Å². The minimum absolute atomic E-state index is 0.146. The van der Waals surface area contributed by atoms with Gasteiger partial charge in [0.1, 0.15) is 0 Å². The molecule has 0 amide bonds. The lowest BCUT2D eigenvalue weighted by atomic mass is 9.90. The molecule has 1 unspecified atom stereocenters. The maximum atomic E-state index is 3.67. The van der Waals surface area contributed by atoms with Crippen LogP contribution in [0, 0.1) is 6.92 Å². The summed E-state index contributed by atoms with van der Waals surface area (Å²) in [4.78, 5) is 1.43. The second-order valence-corrected chi connectivity index (χ2v) is 8.44. The molecule has 0 aliphatic carbocycles. The average molecular weight is 366 g/mol. The SMILES string of the molecule is Cc1ccccc1C(CNC(C)(C)C)Cc1sccc1Br. The molecule has 1 atom stereocenters. The highest BCUT2D eigenvalue weighted by atomic mass is 79.9. The Morgan fingerprint density at radius 1 is 1.19 bits per heavy atom. The Kier molecular flexibility index (Phi) is 5.64. The highest BCUT2D eigenvalue weighted by Gasteiger charge is 2.19. The van der Waals surface area contributed by atoms with Gasteiger partial charge in [-0.1, -0.05) is 24.3 Å². The first-order valence-corrected chi connectivity index (χ1v) is 9.06. The van der Waals surface area contributed by atoms with Crippen LogP contribution in [0.3, 0.4) is 0 Å². The predicted octanol–water partition coefficient (Wildman–Crippen LogP) is 5.53. The molecule has 1 aromatic carbocycles. The highest BCUT2D eigenvalue weighted by Crippen LogP contribution is 2.30. The molecule has 0 fully saturated rings. The van der Waals surface area contributed by atoms with E-state index in [1.54, 1.807) is 0 Å². The van der Waals surface area contributed by atoms with Gasteiger partial charge in [-0.05, 0) is 72.6 Å². The molecule has 0 saturated carbocycles. The molecule has 0 aliphatic heterocycles. The van der Waals surface area contributed by atoms with Gasteiger partial charge in [0.15, 0.2) is 0 Å². The zero-order chi connectivity index (χ0) is 15.5. The van der Waals surface area contributed by atoms with Gasteiger partial charge in [0.05, 0.1) is 0 Å². The Morgan fingerprint density at radius 2 is 1.90 bits per heavy atom. The van der Waals surface area contributed by atoms with E-state index in [4.69, 9.17) is 0 Å². The topological polar surface area (TPSA) is 12.0 Å². The maximum Gasteiger partial charge on any atom is 0.0314 e. The summed E-state index contributed by atoms with van der Waals surface area (Å²) in [5, 5.41) is 5.83. The molecule has 3 heteroatoms. The monoisotopic (exact) mass is 365 g/mol. The molecule has 1 N–H and O–H groups in total. The Balaban J connectivity index is 2.22. The number of rotatable bonds is 5. The fourth-order valence-corrected chi connectivity index (χ4v) is 4.06. The van der Waals surface area contributed by atoms with Gasteiger partial charge in [0, 0.05) is 27.4 Å². The molecule has 1 nitrogen and oxygen atoms in total.